The number of nitrogens with zero attached hydrogens (tertiary/aromatic N) is 1. The molecule has 0 N–H and O–H groups in total. The predicted molar refractivity (Wildman–Crippen MR) is 68.7 cm³/mol. The third kappa shape index (κ3) is 2.88. The van der Waals surface area contributed by atoms with Crippen molar-refractivity contribution >= 4 is 17.3 Å². The number of alkyl halides is 1. The zero-order valence-corrected chi connectivity index (χ0v) is 10.8. The summed E-state index contributed by atoms with van der Waals surface area (Å²) >= 11 is 5.93. The minimum absolute atomic E-state index is 0.523. The lowest BCUT2D eigenvalue weighted by molar-refractivity contribution is 0.505. The summed E-state index contributed by atoms with van der Waals surface area (Å²) in [5.41, 5.74) is 2.45. The van der Waals surface area contributed by atoms with Gasteiger partial charge in [-0.2, -0.15) is 0 Å². The maximum atomic E-state index is 5.93. The third-order valence-electron chi connectivity index (χ3n) is 3.09. The molecule has 15 heavy (non-hydrogen) atoms. The molecule has 0 saturated heterocycles. The van der Waals surface area contributed by atoms with E-state index in [1.165, 1.54) is 11.3 Å². The van der Waals surface area contributed by atoms with Crippen molar-refractivity contribution < 1.29 is 0 Å². The van der Waals surface area contributed by atoms with Crippen LogP contribution in [0.15, 0.2) is 24.3 Å². The second kappa shape index (κ2) is 5.41. The predicted octanol–water partition coefficient (Wildman–Crippen LogP) is 3.91. The highest BCUT2D eigenvalue weighted by Gasteiger charge is 2.15. The Hall–Kier alpha value is -0.690. The van der Waals surface area contributed by atoms with Crippen LogP contribution in [0.3, 0.4) is 0 Å². The molecule has 0 radical (unpaired) electrons. The summed E-state index contributed by atoms with van der Waals surface area (Å²) < 4.78 is 0. The number of halogens is 1. The Morgan fingerprint density at radius 1 is 1.20 bits per heavy atom. The van der Waals surface area contributed by atoms with Gasteiger partial charge in [0.05, 0.1) is 0 Å². The number of hydrogen-bond donors (Lipinski definition) is 0. The SMILES string of the molecule is CC(C)C(C)N(C)c1ccccc1CCl. The third-order valence-corrected chi connectivity index (χ3v) is 3.38. The molecule has 84 valence electrons. The highest BCUT2D eigenvalue weighted by Crippen LogP contribution is 2.24. The topological polar surface area (TPSA) is 3.24 Å². The van der Waals surface area contributed by atoms with Gasteiger partial charge in [0, 0.05) is 24.7 Å². The Morgan fingerprint density at radius 2 is 1.80 bits per heavy atom. The van der Waals surface area contributed by atoms with Crippen molar-refractivity contribution in [2.75, 3.05) is 11.9 Å². The van der Waals surface area contributed by atoms with Crippen molar-refractivity contribution in [2.24, 2.45) is 5.92 Å². The van der Waals surface area contributed by atoms with Gasteiger partial charge < -0.3 is 4.90 Å². The van der Waals surface area contributed by atoms with Crippen LogP contribution >= 0.6 is 11.6 Å². The molecular weight excluding hydrogens is 206 g/mol. The summed E-state index contributed by atoms with van der Waals surface area (Å²) in [6, 6.07) is 8.85. The maximum absolute atomic E-state index is 5.93. The second-order valence-electron chi connectivity index (χ2n) is 4.36. The van der Waals surface area contributed by atoms with Gasteiger partial charge in [0.2, 0.25) is 0 Å². The number of anilines is 1. The Labute approximate surface area is 98.0 Å². The van der Waals surface area contributed by atoms with Crippen LogP contribution in [0.25, 0.3) is 0 Å². The quantitative estimate of drug-likeness (QED) is 0.703. The van der Waals surface area contributed by atoms with Gasteiger partial charge in [-0.05, 0) is 24.5 Å². The maximum Gasteiger partial charge on any atom is 0.0494 e. The highest BCUT2D eigenvalue weighted by atomic mass is 35.5. The first-order valence-electron chi connectivity index (χ1n) is 5.44. The van der Waals surface area contributed by atoms with Crippen molar-refractivity contribution in [2.45, 2.75) is 32.7 Å². The van der Waals surface area contributed by atoms with E-state index in [2.05, 4.69) is 50.9 Å². The molecule has 1 rings (SSSR count). The van der Waals surface area contributed by atoms with E-state index in [1.807, 2.05) is 6.07 Å². The molecule has 2 heteroatoms. The van der Waals surface area contributed by atoms with E-state index in [4.69, 9.17) is 11.6 Å². The van der Waals surface area contributed by atoms with Gasteiger partial charge in [0.1, 0.15) is 0 Å². The van der Waals surface area contributed by atoms with Gasteiger partial charge in [-0.1, -0.05) is 32.0 Å². The molecule has 1 atom stereocenters. The van der Waals surface area contributed by atoms with Crippen LogP contribution in [0.1, 0.15) is 26.3 Å². The van der Waals surface area contributed by atoms with Crippen molar-refractivity contribution in [1.29, 1.82) is 0 Å². The van der Waals surface area contributed by atoms with E-state index >= 15 is 0 Å². The Kier molecular flexibility index (Phi) is 4.46. The standard InChI is InChI=1S/C13H20ClN/c1-10(2)11(3)15(4)13-8-6-5-7-12(13)9-14/h5-8,10-11H,9H2,1-4H3. The first-order valence-corrected chi connectivity index (χ1v) is 5.98. The lowest BCUT2D eigenvalue weighted by Gasteiger charge is -2.31. The largest absolute Gasteiger partial charge is 0.371 e. The van der Waals surface area contributed by atoms with E-state index < -0.39 is 0 Å². The molecule has 0 saturated carbocycles. The first-order chi connectivity index (χ1) is 7.07. The second-order valence-corrected chi connectivity index (χ2v) is 4.63. The minimum Gasteiger partial charge on any atom is -0.371 e. The average Bonchev–Trinajstić information content (AvgIpc) is 2.26. The fraction of sp³-hybridized carbons (Fsp3) is 0.538. The number of hydrogen-bond acceptors (Lipinski definition) is 1. The Balaban J connectivity index is 2.94. The van der Waals surface area contributed by atoms with Crippen LogP contribution < -0.4 is 4.90 Å². The highest BCUT2D eigenvalue weighted by molar-refractivity contribution is 6.17. The summed E-state index contributed by atoms with van der Waals surface area (Å²) in [4.78, 5) is 2.31. The molecule has 0 aromatic heterocycles. The smallest absolute Gasteiger partial charge is 0.0494 e. The molecule has 0 spiro atoms. The molecule has 0 amide bonds. The number of para-hydroxylation sites is 1. The summed E-state index contributed by atoms with van der Waals surface area (Å²) in [6.45, 7) is 6.73. The van der Waals surface area contributed by atoms with Crippen LogP contribution in [0.5, 0.6) is 0 Å². The Bertz CT molecular complexity index is 309. The normalized spacial score (nSPS) is 12.9. The molecule has 0 aliphatic rings. The van der Waals surface area contributed by atoms with E-state index in [0.717, 1.165) is 0 Å². The summed E-state index contributed by atoms with van der Waals surface area (Å²) in [7, 11) is 2.13. The molecule has 1 unspecified atom stereocenters. The van der Waals surface area contributed by atoms with Crippen LogP contribution in [0.4, 0.5) is 5.69 Å². The lowest BCUT2D eigenvalue weighted by atomic mass is 10.0. The number of benzene rings is 1. The van der Waals surface area contributed by atoms with Gasteiger partial charge in [-0.15, -0.1) is 11.6 Å². The van der Waals surface area contributed by atoms with Crippen molar-refractivity contribution in [3.8, 4) is 0 Å². The van der Waals surface area contributed by atoms with Crippen LogP contribution in [-0.2, 0) is 5.88 Å². The fourth-order valence-corrected chi connectivity index (χ4v) is 1.86. The fourth-order valence-electron chi connectivity index (χ4n) is 1.63. The lowest BCUT2D eigenvalue weighted by Crippen LogP contribution is -2.33. The van der Waals surface area contributed by atoms with E-state index in [9.17, 15) is 0 Å². The van der Waals surface area contributed by atoms with E-state index in [0.29, 0.717) is 17.8 Å². The zero-order valence-electron chi connectivity index (χ0n) is 10.00. The molecular formula is C13H20ClN. The average molecular weight is 226 g/mol. The molecule has 1 nitrogen and oxygen atoms in total. The van der Waals surface area contributed by atoms with E-state index in [-0.39, 0.29) is 0 Å². The number of rotatable bonds is 4. The molecule has 1 aromatic carbocycles. The van der Waals surface area contributed by atoms with Gasteiger partial charge in [-0.3, -0.25) is 0 Å². The van der Waals surface area contributed by atoms with Gasteiger partial charge in [0.15, 0.2) is 0 Å². The van der Waals surface area contributed by atoms with Crippen LogP contribution in [-0.4, -0.2) is 13.1 Å². The zero-order chi connectivity index (χ0) is 11.4. The summed E-state index contributed by atoms with van der Waals surface area (Å²) in [5.74, 6) is 1.21. The molecule has 0 aliphatic carbocycles. The van der Waals surface area contributed by atoms with Gasteiger partial charge in [-0.25, -0.2) is 0 Å². The Morgan fingerprint density at radius 3 is 2.33 bits per heavy atom. The van der Waals surface area contributed by atoms with Crippen molar-refractivity contribution in [3.05, 3.63) is 29.8 Å². The van der Waals surface area contributed by atoms with Crippen molar-refractivity contribution in [3.63, 3.8) is 0 Å². The van der Waals surface area contributed by atoms with Gasteiger partial charge >= 0.3 is 0 Å². The van der Waals surface area contributed by atoms with Gasteiger partial charge in [0.25, 0.3) is 0 Å². The first kappa shape index (κ1) is 12.4. The van der Waals surface area contributed by atoms with E-state index in [1.54, 1.807) is 0 Å². The molecule has 1 aromatic rings. The minimum atomic E-state index is 0.523. The van der Waals surface area contributed by atoms with Crippen LogP contribution in [0, 0.1) is 5.92 Å². The van der Waals surface area contributed by atoms with Crippen LogP contribution in [0.2, 0.25) is 0 Å². The molecule has 0 fully saturated rings. The molecule has 0 aliphatic heterocycles. The molecule has 0 heterocycles. The van der Waals surface area contributed by atoms with Crippen molar-refractivity contribution in [1.82, 2.24) is 0 Å². The summed E-state index contributed by atoms with van der Waals surface area (Å²) in [6.07, 6.45) is 0. The molecule has 0 bridgehead atoms. The monoisotopic (exact) mass is 225 g/mol. The summed E-state index contributed by atoms with van der Waals surface area (Å²) in [5, 5.41) is 0.